The Balaban J connectivity index is 1.59. The summed E-state index contributed by atoms with van der Waals surface area (Å²) in [5, 5.41) is 0.960. The van der Waals surface area contributed by atoms with Crippen molar-refractivity contribution in [3.05, 3.63) is 68.7 Å². The predicted molar refractivity (Wildman–Crippen MR) is 127 cm³/mol. The average Bonchev–Trinajstić information content (AvgIpc) is 3.08. The number of fused-ring (bicyclic) bond motifs is 7. The Morgan fingerprint density at radius 2 is 1.91 bits per heavy atom. The number of hydrogen-bond acceptors (Lipinski definition) is 3. The molecule has 3 aromatic rings. The van der Waals surface area contributed by atoms with E-state index < -0.39 is 0 Å². The third-order valence-corrected chi connectivity index (χ3v) is 8.47. The van der Waals surface area contributed by atoms with Crippen LogP contribution in [0.3, 0.4) is 0 Å². The molecule has 0 bridgehead atoms. The monoisotopic (exact) mass is 446 g/mol. The fourth-order valence-electron chi connectivity index (χ4n) is 6.60. The average molecular weight is 447 g/mol. The van der Waals surface area contributed by atoms with E-state index in [0.717, 1.165) is 74.7 Å². The Bertz CT molecular complexity index is 1290. The first-order valence-electron chi connectivity index (χ1n) is 11.9. The zero-order valence-corrected chi connectivity index (χ0v) is 18.9. The number of aromatic nitrogens is 2. The van der Waals surface area contributed by atoms with Crippen LogP contribution in [0.4, 0.5) is 0 Å². The molecule has 1 spiro atoms. The third kappa shape index (κ3) is 2.85. The molecule has 2 heterocycles. The van der Waals surface area contributed by atoms with Crippen LogP contribution >= 0.6 is 11.6 Å². The molecule has 32 heavy (non-hydrogen) atoms. The minimum Gasteiger partial charge on any atom is -0.303 e. The Morgan fingerprint density at radius 1 is 1.06 bits per heavy atom. The second-order valence-electron chi connectivity index (χ2n) is 9.89. The van der Waals surface area contributed by atoms with Crippen molar-refractivity contribution in [1.82, 2.24) is 9.55 Å². The van der Waals surface area contributed by atoms with Gasteiger partial charge in [-0.25, -0.2) is 0 Å². The standard InChI is InChI=1S/C27H27ClN2O2/c28-21-8-5-9-23-24(21)25(32)29-26-27(12-2-1-3-13-27)20-15-19(10-11-22(20)30(23)26)18-7-4-6-17(14-18)16-31/h5,8-11,15-18H,1-4,6-7,12-14H2. The molecule has 0 amide bonds. The van der Waals surface area contributed by atoms with Crippen LogP contribution in [-0.4, -0.2) is 15.8 Å². The van der Waals surface area contributed by atoms with E-state index in [1.165, 1.54) is 17.5 Å². The Labute approximate surface area is 192 Å². The summed E-state index contributed by atoms with van der Waals surface area (Å²) >= 11 is 6.44. The molecule has 0 radical (unpaired) electrons. The fourth-order valence-corrected chi connectivity index (χ4v) is 6.85. The maximum Gasteiger partial charge on any atom is 0.282 e. The van der Waals surface area contributed by atoms with Crippen molar-refractivity contribution in [3.63, 3.8) is 0 Å². The number of carbonyl (C=O) groups is 1. The molecular weight excluding hydrogens is 420 g/mol. The zero-order valence-electron chi connectivity index (χ0n) is 18.1. The van der Waals surface area contributed by atoms with Crippen LogP contribution in [0.1, 0.15) is 80.7 Å². The molecule has 4 nitrogen and oxygen atoms in total. The summed E-state index contributed by atoms with van der Waals surface area (Å²) in [5.74, 6) is 1.49. The van der Waals surface area contributed by atoms with Crippen molar-refractivity contribution in [2.24, 2.45) is 5.92 Å². The quantitative estimate of drug-likeness (QED) is 0.448. The van der Waals surface area contributed by atoms with Crippen LogP contribution in [0, 0.1) is 5.92 Å². The molecule has 3 aliphatic rings. The smallest absolute Gasteiger partial charge is 0.282 e. The first-order chi connectivity index (χ1) is 15.6. The Hall–Kier alpha value is -2.46. The molecule has 0 N–H and O–H groups in total. The third-order valence-electron chi connectivity index (χ3n) is 8.16. The van der Waals surface area contributed by atoms with Gasteiger partial charge in [0.2, 0.25) is 0 Å². The second kappa shape index (κ2) is 7.55. The molecule has 1 aromatic heterocycles. The number of carbonyl (C=O) groups excluding carboxylic acids is 1. The molecule has 1 aliphatic heterocycles. The van der Waals surface area contributed by atoms with Crippen LogP contribution in [0.5, 0.6) is 0 Å². The predicted octanol–water partition coefficient (Wildman–Crippen LogP) is 6.08. The van der Waals surface area contributed by atoms with Gasteiger partial charge in [0, 0.05) is 5.92 Å². The van der Waals surface area contributed by atoms with Crippen LogP contribution in [0.25, 0.3) is 16.6 Å². The lowest BCUT2D eigenvalue weighted by Gasteiger charge is -2.34. The fraction of sp³-hybridized carbons (Fsp3) is 0.444. The van der Waals surface area contributed by atoms with Gasteiger partial charge in [-0.3, -0.25) is 9.36 Å². The van der Waals surface area contributed by atoms with Gasteiger partial charge in [-0.15, -0.1) is 0 Å². The van der Waals surface area contributed by atoms with Gasteiger partial charge >= 0.3 is 0 Å². The highest BCUT2D eigenvalue weighted by Gasteiger charge is 2.46. The highest BCUT2D eigenvalue weighted by Crippen LogP contribution is 2.52. The van der Waals surface area contributed by atoms with E-state index in [2.05, 4.69) is 27.8 Å². The molecule has 2 atom stereocenters. The highest BCUT2D eigenvalue weighted by molar-refractivity contribution is 6.35. The largest absolute Gasteiger partial charge is 0.303 e. The normalized spacial score (nSPS) is 23.8. The van der Waals surface area contributed by atoms with E-state index in [1.54, 1.807) is 6.07 Å². The van der Waals surface area contributed by atoms with Gasteiger partial charge in [0.05, 0.1) is 27.0 Å². The van der Waals surface area contributed by atoms with Crippen molar-refractivity contribution in [2.75, 3.05) is 0 Å². The van der Waals surface area contributed by atoms with Gasteiger partial charge in [0.15, 0.2) is 0 Å². The second-order valence-corrected chi connectivity index (χ2v) is 10.3. The van der Waals surface area contributed by atoms with Crippen LogP contribution < -0.4 is 5.56 Å². The van der Waals surface area contributed by atoms with Gasteiger partial charge in [0.25, 0.3) is 5.56 Å². The SMILES string of the molecule is O=CC1CCCC(c2ccc3c(c2)C2(CCCCC2)c2nc(=O)c4c(Cl)cccc4n2-3)C1. The molecule has 2 aromatic carbocycles. The topological polar surface area (TPSA) is 52.0 Å². The van der Waals surface area contributed by atoms with Crippen LogP contribution in [0.2, 0.25) is 5.02 Å². The number of benzene rings is 2. The first kappa shape index (κ1) is 20.2. The van der Waals surface area contributed by atoms with Gasteiger partial charge < -0.3 is 4.79 Å². The van der Waals surface area contributed by atoms with Crippen LogP contribution in [-0.2, 0) is 10.2 Å². The number of rotatable bonds is 2. The zero-order chi connectivity index (χ0) is 21.9. The molecule has 2 unspecified atom stereocenters. The molecular formula is C27H27ClN2O2. The van der Waals surface area contributed by atoms with Crippen LogP contribution in [0.15, 0.2) is 41.2 Å². The summed E-state index contributed by atoms with van der Waals surface area (Å²) in [7, 11) is 0. The molecule has 5 heteroatoms. The molecule has 2 fully saturated rings. The summed E-state index contributed by atoms with van der Waals surface area (Å²) in [6.45, 7) is 0. The Kier molecular flexibility index (Phi) is 4.76. The highest BCUT2D eigenvalue weighted by atomic mass is 35.5. The van der Waals surface area contributed by atoms with Gasteiger partial charge in [0.1, 0.15) is 12.1 Å². The van der Waals surface area contributed by atoms with E-state index in [1.807, 2.05) is 12.1 Å². The summed E-state index contributed by atoms with van der Waals surface area (Å²) in [5.41, 5.74) is 4.19. The number of hydrogen-bond donors (Lipinski definition) is 0. The van der Waals surface area contributed by atoms with E-state index in [4.69, 9.17) is 11.6 Å². The lowest BCUT2D eigenvalue weighted by molar-refractivity contribution is -0.112. The Morgan fingerprint density at radius 3 is 2.72 bits per heavy atom. The van der Waals surface area contributed by atoms with E-state index >= 15 is 0 Å². The van der Waals surface area contributed by atoms with E-state index in [0.29, 0.717) is 16.3 Å². The lowest BCUT2D eigenvalue weighted by Crippen LogP contribution is -2.32. The number of nitrogens with zero attached hydrogens (tertiary/aromatic N) is 2. The number of aldehydes is 1. The van der Waals surface area contributed by atoms with Gasteiger partial charge in [-0.1, -0.05) is 55.5 Å². The van der Waals surface area contributed by atoms with Crippen molar-refractivity contribution < 1.29 is 4.79 Å². The maximum absolute atomic E-state index is 13.1. The summed E-state index contributed by atoms with van der Waals surface area (Å²) in [6, 6.07) is 12.5. The van der Waals surface area contributed by atoms with E-state index in [9.17, 15) is 9.59 Å². The molecule has 0 saturated heterocycles. The molecule has 2 saturated carbocycles. The summed E-state index contributed by atoms with van der Waals surface area (Å²) in [4.78, 5) is 29.2. The maximum atomic E-state index is 13.1. The minimum atomic E-state index is -0.226. The van der Waals surface area contributed by atoms with Crippen molar-refractivity contribution in [1.29, 1.82) is 0 Å². The lowest BCUT2D eigenvalue weighted by atomic mass is 9.69. The van der Waals surface area contributed by atoms with Crippen molar-refractivity contribution >= 4 is 28.8 Å². The molecule has 164 valence electrons. The minimum absolute atomic E-state index is 0.174. The van der Waals surface area contributed by atoms with Gasteiger partial charge in [-0.05, 0) is 67.3 Å². The molecule has 2 aliphatic carbocycles. The number of halogens is 1. The summed E-state index contributed by atoms with van der Waals surface area (Å²) in [6.07, 6.45) is 10.9. The first-order valence-corrected chi connectivity index (χ1v) is 12.3. The summed E-state index contributed by atoms with van der Waals surface area (Å²) < 4.78 is 2.20. The van der Waals surface area contributed by atoms with Crippen molar-refractivity contribution in [2.45, 2.75) is 69.1 Å². The van der Waals surface area contributed by atoms with Gasteiger partial charge in [-0.2, -0.15) is 4.98 Å². The van der Waals surface area contributed by atoms with E-state index in [-0.39, 0.29) is 16.9 Å². The molecule has 6 rings (SSSR count). The van der Waals surface area contributed by atoms with Crippen molar-refractivity contribution in [3.8, 4) is 5.69 Å².